The minimum absolute atomic E-state index is 0. The van der Waals surface area contributed by atoms with Gasteiger partial charge in [0.1, 0.15) is 0 Å². The Balaban J connectivity index is 0.00000242. The van der Waals surface area contributed by atoms with E-state index in [0.29, 0.717) is 19.4 Å². The number of halogens is 1. The Morgan fingerprint density at radius 1 is 1.27 bits per heavy atom. The fourth-order valence-corrected chi connectivity index (χ4v) is 2.86. The molecule has 1 aliphatic heterocycles. The molecule has 122 valence electrons. The molecule has 0 saturated carbocycles. The van der Waals surface area contributed by atoms with Crippen molar-refractivity contribution in [3.05, 3.63) is 35.9 Å². The number of piperidine rings is 1. The lowest BCUT2D eigenvalue weighted by atomic mass is 9.84. The Hall–Kier alpha value is -1.59. The van der Waals surface area contributed by atoms with Crippen molar-refractivity contribution in [1.82, 2.24) is 15.5 Å². The van der Waals surface area contributed by atoms with E-state index in [-0.39, 0.29) is 36.2 Å². The molecule has 2 unspecified atom stereocenters. The minimum atomic E-state index is -0.188. The number of likely N-dealkylation sites (N-methyl/N-ethyl adjacent to an activating group) is 1. The summed E-state index contributed by atoms with van der Waals surface area (Å²) in [5.41, 5.74) is 1.02. The maximum atomic E-state index is 12.4. The third kappa shape index (κ3) is 4.21. The Morgan fingerprint density at radius 3 is 2.59 bits per heavy atom. The SMILES string of the molecule is CNCCNC(=O)C1CCC(=O)N(C)C1c1ccccc1.Cl. The molecule has 2 amide bonds. The number of nitrogens with zero attached hydrogens (tertiary/aromatic N) is 1. The molecule has 1 aliphatic rings. The molecule has 2 N–H and O–H groups in total. The second kappa shape index (κ2) is 8.76. The zero-order chi connectivity index (χ0) is 15.2. The number of rotatable bonds is 5. The molecule has 1 aromatic carbocycles. The number of amides is 2. The quantitative estimate of drug-likeness (QED) is 0.803. The highest BCUT2D eigenvalue weighted by Gasteiger charge is 2.38. The molecule has 5 nitrogen and oxygen atoms in total. The topological polar surface area (TPSA) is 61.4 Å². The smallest absolute Gasteiger partial charge is 0.225 e. The van der Waals surface area contributed by atoms with E-state index in [9.17, 15) is 9.59 Å². The van der Waals surface area contributed by atoms with E-state index < -0.39 is 0 Å². The average Bonchev–Trinajstić information content (AvgIpc) is 2.50. The van der Waals surface area contributed by atoms with Crippen molar-refractivity contribution in [3.8, 4) is 0 Å². The van der Waals surface area contributed by atoms with Crippen LogP contribution < -0.4 is 10.6 Å². The standard InChI is InChI=1S/C16H23N3O2.ClH/c1-17-10-11-18-16(21)13-8-9-14(20)19(2)15(13)12-6-4-3-5-7-12;/h3-7,13,15,17H,8-11H2,1-2H3,(H,18,21);1H. The van der Waals surface area contributed by atoms with E-state index in [0.717, 1.165) is 12.1 Å². The number of nitrogens with one attached hydrogen (secondary N) is 2. The van der Waals surface area contributed by atoms with E-state index >= 15 is 0 Å². The van der Waals surface area contributed by atoms with Gasteiger partial charge in [-0.25, -0.2) is 0 Å². The van der Waals surface area contributed by atoms with Crippen molar-refractivity contribution >= 4 is 24.2 Å². The first-order valence-electron chi connectivity index (χ1n) is 7.38. The highest BCUT2D eigenvalue weighted by atomic mass is 35.5. The number of carbonyl (C=O) groups is 2. The van der Waals surface area contributed by atoms with Gasteiger partial charge in [-0.2, -0.15) is 0 Å². The average molecular weight is 326 g/mol. The van der Waals surface area contributed by atoms with Crippen LogP contribution in [-0.4, -0.2) is 43.9 Å². The third-order valence-corrected chi connectivity index (χ3v) is 4.01. The monoisotopic (exact) mass is 325 g/mol. The lowest BCUT2D eigenvalue weighted by Crippen LogP contribution is -2.47. The van der Waals surface area contributed by atoms with Gasteiger partial charge in [-0.05, 0) is 19.0 Å². The Bertz CT molecular complexity index is 495. The zero-order valence-corrected chi connectivity index (χ0v) is 13.9. The minimum Gasteiger partial charge on any atom is -0.355 e. The summed E-state index contributed by atoms with van der Waals surface area (Å²) in [5.74, 6) is -0.0615. The van der Waals surface area contributed by atoms with E-state index in [1.807, 2.05) is 37.4 Å². The van der Waals surface area contributed by atoms with Crippen LogP contribution in [0.25, 0.3) is 0 Å². The molecule has 0 aliphatic carbocycles. The Labute approximate surface area is 137 Å². The Kier molecular flexibility index (Phi) is 7.35. The van der Waals surface area contributed by atoms with Gasteiger partial charge in [0.25, 0.3) is 0 Å². The lowest BCUT2D eigenvalue weighted by molar-refractivity contribution is -0.141. The molecule has 0 bridgehead atoms. The highest BCUT2D eigenvalue weighted by Crippen LogP contribution is 2.35. The first-order valence-corrected chi connectivity index (χ1v) is 7.38. The van der Waals surface area contributed by atoms with Crippen molar-refractivity contribution in [2.75, 3.05) is 27.2 Å². The molecule has 0 aromatic heterocycles. The maximum absolute atomic E-state index is 12.4. The van der Waals surface area contributed by atoms with Gasteiger partial charge in [-0.1, -0.05) is 30.3 Å². The predicted octanol–water partition coefficient (Wildman–Crippen LogP) is 1.35. The number of benzene rings is 1. The number of hydrogen-bond donors (Lipinski definition) is 2. The molecular formula is C16H24ClN3O2. The summed E-state index contributed by atoms with van der Waals surface area (Å²) in [7, 11) is 3.64. The molecule has 2 rings (SSSR count). The number of hydrogen-bond acceptors (Lipinski definition) is 3. The van der Waals surface area contributed by atoms with Crippen molar-refractivity contribution in [1.29, 1.82) is 0 Å². The van der Waals surface area contributed by atoms with Gasteiger partial charge in [0.05, 0.1) is 12.0 Å². The molecule has 0 spiro atoms. The van der Waals surface area contributed by atoms with Crippen LogP contribution in [0.2, 0.25) is 0 Å². The van der Waals surface area contributed by atoms with Crippen molar-refractivity contribution in [2.24, 2.45) is 5.92 Å². The van der Waals surface area contributed by atoms with Gasteiger partial charge in [-0.3, -0.25) is 9.59 Å². The van der Waals surface area contributed by atoms with E-state index in [4.69, 9.17) is 0 Å². The highest BCUT2D eigenvalue weighted by molar-refractivity contribution is 5.85. The predicted molar refractivity (Wildman–Crippen MR) is 88.9 cm³/mol. The van der Waals surface area contributed by atoms with Gasteiger partial charge in [0.2, 0.25) is 11.8 Å². The van der Waals surface area contributed by atoms with Crippen molar-refractivity contribution in [2.45, 2.75) is 18.9 Å². The van der Waals surface area contributed by atoms with Gasteiger partial charge in [0, 0.05) is 26.6 Å². The van der Waals surface area contributed by atoms with E-state index in [1.165, 1.54) is 0 Å². The van der Waals surface area contributed by atoms with Crippen LogP contribution >= 0.6 is 12.4 Å². The van der Waals surface area contributed by atoms with E-state index in [1.54, 1.807) is 11.9 Å². The van der Waals surface area contributed by atoms with Gasteiger partial charge < -0.3 is 15.5 Å². The molecule has 1 heterocycles. The second-order valence-electron chi connectivity index (χ2n) is 5.40. The van der Waals surface area contributed by atoms with Crippen molar-refractivity contribution in [3.63, 3.8) is 0 Å². The molecule has 1 fully saturated rings. The van der Waals surface area contributed by atoms with Crippen LogP contribution in [0.1, 0.15) is 24.4 Å². The van der Waals surface area contributed by atoms with Crippen molar-refractivity contribution < 1.29 is 9.59 Å². The normalized spacial score (nSPS) is 21.2. The lowest BCUT2D eigenvalue weighted by Gasteiger charge is -2.38. The summed E-state index contributed by atoms with van der Waals surface area (Å²) in [6, 6.07) is 9.61. The fourth-order valence-electron chi connectivity index (χ4n) is 2.86. The molecule has 2 atom stereocenters. The summed E-state index contributed by atoms with van der Waals surface area (Å²) in [6.45, 7) is 1.34. The number of carbonyl (C=O) groups excluding carboxylic acids is 2. The van der Waals surface area contributed by atoms with Crippen LogP contribution in [0.3, 0.4) is 0 Å². The Morgan fingerprint density at radius 2 is 1.95 bits per heavy atom. The van der Waals surface area contributed by atoms with Crippen LogP contribution in [0.15, 0.2) is 30.3 Å². The second-order valence-corrected chi connectivity index (χ2v) is 5.40. The van der Waals surface area contributed by atoms with Gasteiger partial charge in [-0.15, -0.1) is 12.4 Å². The molecule has 0 radical (unpaired) electrons. The summed E-state index contributed by atoms with van der Waals surface area (Å²) < 4.78 is 0. The van der Waals surface area contributed by atoms with E-state index in [2.05, 4.69) is 10.6 Å². The first kappa shape index (κ1) is 18.5. The summed E-state index contributed by atoms with van der Waals surface area (Å²) >= 11 is 0. The zero-order valence-electron chi connectivity index (χ0n) is 13.0. The van der Waals surface area contributed by atoms with Crippen LogP contribution in [-0.2, 0) is 9.59 Å². The summed E-state index contributed by atoms with van der Waals surface area (Å²) in [5, 5.41) is 5.95. The van der Waals surface area contributed by atoms with Gasteiger partial charge >= 0.3 is 0 Å². The fraction of sp³-hybridized carbons (Fsp3) is 0.500. The van der Waals surface area contributed by atoms with Crippen LogP contribution in [0.4, 0.5) is 0 Å². The first-order chi connectivity index (χ1) is 10.1. The summed E-state index contributed by atoms with van der Waals surface area (Å²) in [6.07, 6.45) is 1.04. The van der Waals surface area contributed by atoms with Crippen LogP contribution in [0, 0.1) is 5.92 Å². The van der Waals surface area contributed by atoms with Gasteiger partial charge in [0.15, 0.2) is 0 Å². The van der Waals surface area contributed by atoms with Crippen LogP contribution in [0.5, 0.6) is 0 Å². The molecule has 6 heteroatoms. The summed E-state index contributed by atoms with van der Waals surface area (Å²) in [4.78, 5) is 26.1. The maximum Gasteiger partial charge on any atom is 0.225 e. The molecule has 1 saturated heterocycles. The third-order valence-electron chi connectivity index (χ3n) is 4.01. The largest absolute Gasteiger partial charge is 0.355 e. The number of likely N-dealkylation sites (tertiary alicyclic amines) is 1. The molecular weight excluding hydrogens is 302 g/mol. The molecule has 1 aromatic rings. The molecule has 22 heavy (non-hydrogen) atoms.